The van der Waals surface area contributed by atoms with E-state index in [1.54, 1.807) is 0 Å². The Morgan fingerprint density at radius 1 is 1.35 bits per heavy atom. The van der Waals surface area contributed by atoms with Crippen LogP contribution in [0, 0.1) is 13.8 Å². The van der Waals surface area contributed by atoms with Crippen molar-refractivity contribution in [1.29, 1.82) is 0 Å². The fraction of sp³-hybridized carbons (Fsp3) is 0.600. The van der Waals surface area contributed by atoms with Crippen LogP contribution < -0.4 is 4.74 Å². The van der Waals surface area contributed by atoms with Gasteiger partial charge in [0.25, 0.3) is 0 Å². The predicted octanol–water partition coefficient (Wildman–Crippen LogP) is 3.42. The van der Waals surface area contributed by atoms with Gasteiger partial charge in [-0.25, -0.2) is 0 Å². The molecule has 2 heteroatoms. The van der Waals surface area contributed by atoms with Crippen molar-refractivity contribution < 1.29 is 9.47 Å². The molecule has 0 spiro atoms. The van der Waals surface area contributed by atoms with Crippen molar-refractivity contribution in [1.82, 2.24) is 0 Å². The van der Waals surface area contributed by atoms with Crippen molar-refractivity contribution in [3.8, 4) is 5.75 Å². The largest absolute Gasteiger partial charge is 0.493 e. The fourth-order valence-electron chi connectivity index (χ4n) is 2.19. The minimum Gasteiger partial charge on any atom is -0.493 e. The van der Waals surface area contributed by atoms with E-state index in [0.717, 1.165) is 38.2 Å². The quantitative estimate of drug-likeness (QED) is 0.703. The van der Waals surface area contributed by atoms with Gasteiger partial charge in [0.05, 0.1) is 19.3 Å². The molecule has 1 aliphatic rings. The van der Waals surface area contributed by atoms with E-state index in [1.165, 1.54) is 16.7 Å². The summed E-state index contributed by atoms with van der Waals surface area (Å²) in [5.41, 5.74) is 3.91. The van der Waals surface area contributed by atoms with E-state index in [2.05, 4.69) is 32.9 Å². The number of benzene rings is 1. The van der Waals surface area contributed by atoms with Crippen LogP contribution >= 0.6 is 0 Å². The first-order chi connectivity index (χ1) is 8.20. The highest BCUT2D eigenvalue weighted by Gasteiger charge is 2.22. The van der Waals surface area contributed by atoms with Crippen molar-refractivity contribution in [2.24, 2.45) is 0 Å². The molecule has 0 saturated carbocycles. The van der Waals surface area contributed by atoms with Gasteiger partial charge in [-0.05, 0) is 44.2 Å². The molecule has 2 rings (SSSR count). The first-order valence-electron chi connectivity index (χ1n) is 6.55. The molecule has 1 aromatic carbocycles. The smallest absolute Gasteiger partial charge is 0.125 e. The molecule has 0 amide bonds. The van der Waals surface area contributed by atoms with Gasteiger partial charge in [-0.2, -0.15) is 0 Å². The number of rotatable bonds is 6. The molecule has 1 aliphatic heterocycles. The van der Waals surface area contributed by atoms with Crippen molar-refractivity contribution in [3.63, 3.8) is 0 Å². The summed E-state index contributed by atoms with van der Waals surface area (Å²) >= 11 is 0. The van der Waals surface area contributed by atoms with Gasteiger partial charge in [0.2, 0.25) is 0 Å². The van der Waals surface area contributed by atoms with Crippen LogP contribution in [0.3, 0.4) is 0 Å². The molecule has 1 fully saturated rings. The summed E-state index contributed by atoms with van der Waals surface area (Å²) in [4.78, 5) is 0. The average molecular weight is 234 g/mol. The minimum absolute atomic E-state index is 0.495. The van der Waals surface area contributed by atoms with Crippen molar-refractivity contribution in [2.75, 3.05) is 13.2 Å². The lowest BCUT2D eigenvalue weighted by Crippen LogP contribution is -2.03. The standard InChI is InChI=1S/C15H22O2/c1-4-7-16-15-12(3)8-11(2)9-13(15)5-6-14-10-17-14/h8-9,14H,4-7,10H2,1-3H3. The second-order valence-electron chi connectivity index (χ2n) is 4.91. The molecule has 0 aliphatic carbocycles. The molecule has 1 saturated heterocycles. The van der Waals surface area contributed by atoms with Crippen LogP contribution in [0.15, 0.2) is 12.1 Å². The SMILES string of the molecule is CCCOc1c(C)cc(C)cc1CCC1CO1. The third kappa shape index (κ3) is 3.47. The van der Waals surface area contributed by atoms with Gasteiger partial charge in [-0.15, -0.1) is 0 Å². The van der Waals surface area contributed by atoms with Crippen LogP contribution in [0.25, 0.3) is 0 Å². The molecule has 17 heavy (non-hydrogen) atoms. The van der Waals surface area contributed by atoms with Crippen LogP contribution in [0.1, 0.15) is 36.5 Å². The molecule has 2 nitrogen and oxygen atoms in total. The van der Waals surface area contributed by atoms with Gasteiger partial charge in [-0.1, -0.05) is 24.6 Å². The van der Waals surface area contributed by atoms with Crippen LogP contribution in [0.4, 0.5) is 0 Å². The number of hydrogen-bond acceptors (Lipinski definition) is 2. The zero-order chi connectivity index (χ0) is 12.3. The van der Waals surface area contributed by atoms with Gasteiger partial charge in [0.15, 0.2) is 0 Å². The van der Waals surface area contributed by atoms with E-state index in [0.29, 0.717) is 6.10 Å². The zero-order valence-electron chi connectivity index (χ0n) is 11.1. The zero-order valence-corrected chi connectivity index (χ0v) is 11.1. The molecule has 1 atom stereocenters. The van der Waals surface area contributed by atoms with E-state index in [-0.39, 0.29) is 0 Å². The van der Waals surface area contributed by atoms with Gasteiger partial charge in [0, 0.05) is 0 Å². The third-order valence-electron chi connectivity index (χ3n) is 3.08. The summed E-state index contributed by atoms with van der Waals surface area (Å²) < 4.78 is 11.2. The summed E-state index contributed by atoms with van der Waals surface area (Å²) in [5.74, 6) is 1.10. The Kier molecular flexibility index (Phi) is 4.06. The van der Waals surface area contributed by atoms with Crippen molar-refractivity contribution >= 4 is 0 Å². The first kappa shape index (κ1) is 12.4. The van der Waals surface area contributed by atoms with E-state index < -0.39 is 0 Å². The lowest BCUT2D eigenvalue weighted by molar-refractivity contribution is 0.311. The summed E-state index contributed by atoms with van der Waals surface area (Å²) in [5, 5.41) is 0. The Morgan fingerprint density at radius 3 is 2.76 bits per heavy atom. The first-order valence-corrected chi connectivity index (χ1v) is 6.55. The third-order valence-corrected chi connectivity index (χ3v) is 3.08. The van der Waals surface area contributed by atoms with Crippen molar-refractivity contribution in [2.45, 2.75) is 46.1 Å². The van der Waals surface area contributed by atoms with Crippen LogP contribution in [0.5, 0.6) is 5.75 Å². The minimum atomic E-state index is 0.495. The number of epoxide rings is 1. The fourth-order valence-corrected chi connectivity index (χ4v) is 2.19. The molecular formula is C15H22O2. The maximum atomic E-state index is 5.88. The van der Waals surface area contributed by atoms with Crippen molar-refractivity contribution in [3.05, 3.63) is 28.8 Å². The van der Waals surface area contributed by atoms with Crippen LogP contribution in [-0.2, 0) is 11.2 Å². The average Bonchev–Trinajstić information content (AvgIpc) is 3.08. The Labute approximate surface area is 104 Å². The summed E-state index contributed by atoms with van der Waals surface area (Å²) in [7, 11) is 0. The van der Waals surface area contributed by atoms with Crippen LogP contribution in [-0.4, -0.2) is 19.3 Å². The molecule has 0 aromatic heterocycles. The Balaban J connectivity index is 2.12. The lowest BCUT2D eigenvalue weighted by Gasteiger charge is -2.14. The second kappa shape index (κ2) is 5.54. The second-order valence-corrected chi connectivity index (χ2v) is 4.91. The Hall–Kier alpha value is -1.02. The Bertz CT molecular complexity index is 381. The molecule has 0 bridgehead atoms. The monoisotopic (exact) mass is 234 g/mol. The maximum absolute atomic E-state index is 5.88. The van der Waals surface area contributed by atoms with Gasteiger partial charge < -0.3 is 9.47 Å². The molecule has 0 N–H and O–H groups in total. The predicted molar refractivity (Wildman–Crippen MR) is 69.8 cm³/mol. The van der Waals surface area contributed by atoms with E-state index >= 15 is 0 Å². The highest BCUT2D eigenvalue weighted by atomic mass is 16.6. The number of aryl methyl sites for hydroxylation is 3. The van der Waals surface area contributed by atoms with E-state index in [9.17, 15) is 0 Å². The molecule has 0 radical (unpaired) electrons. The van der Waals surface area contributed by atoms with E-state index in [1.807, 2.05) is 0 Å². The van der Waals surface area contributed by atoms with Gasteiger partial charge in [0.1, 0.15) is 5.75 Å². The summed E-state index contributed by atoms with van der Waals surface area (Å²) in [6.07, 6.45) is 3.73. The highest BCUT2D eigenvalue weighted by molar-refractivity contribution is 5.44. The normalized spacial score (nSPS) is 18.2. The molecule has 94 valence electrons. The Morgan fingerprint density at radius 2 is 2.12 bits per heavy atom. The molecule has 1 heterocycles. The lowest BCUT2D eigenvalue weighted by atomic mass is 10.0. The summed E-state index contributed by atoms with van der Waals surface area (Å²) in [6, 6.07) is 4.45. The number of hydrogen-bond donors (Lipinski definition) is 0. The highest BCUT2D eigenvalue weighted by Crippen LogP contribution is 2.28. The summed E-state index contributed by atoms with van der Waals surface area (Å²) in [6.45, 7) is 8.16. The molecule has 1 unspecified atom stereocenters. The number of ether oxygens (including phenoxy) is 2. The van der Waals surface area contributed by atoms with Gasteiger partial charge in [-0.3, -0.25) is 0 Å². The van der Waals surface area contributed by atoms with Crippen LogP contribution in [0.2, 0.25) is 0 Å². The van der Waals surface area contributed by atoms with Gasteiger partial charge >= 0.3 is 0 Å². The maximum Gasteiger partial charge on any atom is 0.125 e. The van der Waals surface area contributed by atoms with E-state index in [4.69, 9.17) is 9.47 Å². The molecule has 1 aromatic rings. The molecular weight excluding hydrogens is 212 g/mol. The topological polar surface area (TPSA) is 21.8 Å².